The SMILES string of the molecule is Cn1cc(C(=O)Nc2ccccc2OCC#N)cn1. The highest BCUT2D eigenvalue weighted by molar-refractivity contribution is 6.04. The maximum absolute atomic E-state index is 12.0. The van der Waals surface area contributed by atoms with Gasteiger partial charge in [-0.2, -0.15) is 10.4 Å². The van der Waals surface area contributed by atoms with E-state index in [2.05, 4.69) is 10.4 Å². The molecule has 0 fully saturated rings. The molecular weight excluding hydrogens is 244 g/mol. The number of nitrogens with zero attached hydrogens (tertiary/aromatic N) is 3. The van der Waals surface area contributed by atoms with Crippen LogP contribution in [0.1, 0.15) is 10.4 Å². The molecular formula is C13H12N4O2. The lowest BCUT2D eigenvalue weighted by Crippen LogP contribution is -2.12. The number of nitriles is 1. The summed E-state index contributed by atoms with van der Waals surface area (Å²) in [6, 6.07) is 8.83. The Balaban J connectivity index is 2.14. The van der Waals surface area contributed by atoms with E-state index in [1.165, 1.54) is 6.20 Å². The zero-order valence-electron chi connectivity index (χ0n) is 10.3. The highest BCUT2D eigenvalue weighted by atomic mass is 16.5. The van der Waals surface area contributed by atoms with Gasteiger partial charge in [0.2, 0.25) is 0 Å². The maximum Gasteiger partial charge on any atom is 0.258 e. The van der Waals surface area contributed by atoms with Crippen LogP contribution in [0.5, 0.6) is 5.75 Å². The number of hydrogen-bond donors (Lipinski definition) is 1. The number of anilines is 1. The Morgan fingerprint density at radius 3 is 3.00 bits per heavy atom. The monoisotopic (exact) mass is 256 g/mol. The van der Waals surface area contributed by atoms with Gasteiger partial charge in [-0.15, -0.1) is 0 Å². The van der Waals surface area contributed by atoms with Crippen molar-refractivity contribution in [3.8, 4) is 11.8 Å². The zero-order chi connectivity index (χ0) is 13.7. The summed E-state index contributed by atoms with van der Waals surface area (Å²) >= 11 is 0. The number of para-hydroxylation sites is 2. The van der Waals surface area contributed by atoms with Crippen molar-refractivity contribution in [2.75, 3.05) is 11.9 Å². The Morgan fingerprint density at radius 2 is 2.32 bits per heavy atom. The van der Waals surface area contributed by atoms with Crippen molar-refractivity contribution >= 4 is 11.6 Å². The summed E-state index contributed by atoms with van der Waals surface area (Å²) in [5.74, 6) is 0.183. The van der Waals surface area contributed by atoms with E-state index < -0.39 is 0 Å². The third kappa shape index (κ3) is 3.10. The molecule has 0 saturated heterocycles. The van der Waals surface area contributed by atoms with E-state index in [1.807, 2.05) is 6.07 Å². The molecule has 0 saturated carbocycles. The molecule has 1 heterocycles. The van der Waals surface area contributed by atoms with Gasteiger partial charge < -0.3 is 10.1 Å². The lowest BCUT2D eigenvalue weighted by Gasteiger charge is -2.09. The number of ether oxygens (including phenoxy) is 1. The Labute approximate surface area is 110 Å². The molecule has 0 radical (unpaired) electrons. The van der Waals surface area contributed by atoms with Crippen LogP contribution >= 0.6 is 0 Å². The van der Waals surface area contributed by atoms with Crippen molar-refractivity contribution in [1.82, 2.24) is 9.78 Å². The molecule has 0 aliphatic heterocycles. The first-order chi connectivity index (χ1) is 9.20. The van der Waals surface area contributed by atoms with Gasteiger partial charge in [0.15, 0.2) is 6.61 Å². The van der Waals surface area contributed by atoms with Crippen molar-refractivity contribution in [3.63, 3.8) is 0 Å². The Bertz CT molecular complexity index is 628. The van der Waals surface area contributed by atoms with E-state index in [1.54, 1.807) is 42.2 Å². The van der Waals surface area contributed by atoms with Crippen LogP contribution in [0.2, 0.25) is 0 Å². The topological polar surface area (TPSA) is 79.9 Å². The Hall–Kier alpha value is -2.81. The second-order valence-electron chi connectivity index (χ2n) is 3.80. The Morgan fingerprint density at radius 1 is 1.53 bits per heavy atom. The van der Waals surface area contributed by atoms with Crippen molar-refractivity contribution in [1.29, 1.82) is 5.26 Å². The van der Waals surface area contributed by atoms with Gasteiger partial charge in [-0.05, 0) is 12.1 Å². The summed E-state index contributed by atoms with van der Waals surface area (Å²) in [4.78, 5) is 12.0. The molecule has 1 aromatic carbocycles. The van der Waals surface area contributed by atoms with Crippen LogP contribution in [-0.4, -0.2) is 22.3 Å². The number of nitrogens with one attached hydrogen (secondary N) is 1. The molecule has 0 atom stereocenters. The summed E-state index contributed by atoms with van der Waals surface area (Å²) < 4.78 is 6.78. The minimum atomic E-state index is -0.277. The fraction of sp³-hybridized carbons (Fsp3) is 0.154. The average molecular weight is 256 g/mol. The lowest BCUT2D eigenvalue weighted by atomic mass is 10.2. The molecule has 1 aromatic heterocycles. The van der Waals surface area contributed by atoms with E-state index in [0.717, 1.165) is 0 Å². The molecule has 1 N–H and O–H groups in total. The first-order valence-corrected chi connectivity index (χ1v) is 5.59. The summed E-state index contributed by atoms with van der Waals surface area (Å²) in [6.07, 6.45) is 3.10. The van der Waals surface area contributed by atoms with Gasteiger partial charge in [0.05, 0.1) is 17.4 Å². The first kappa shape index (κ1) is 12.6. The average Bonchev–Trinajstić information content (AvgIpc) is 2.84. The van der Waals surface area contributed by atoms with Crippen LogP contribution < -0.4 is 10.1 Å². The second kappa shape index (κ2) is 5.69. The maximum atomic E-state index is 12.0. The molecule has 2 aromatic rings. The van der Waals surface area contributed by atoms with Crippen LogP contribution in [0, 0.1) is 11.3 Å². The molecule has 1 amide bonds. The fourth-order valence-corrected chi connectivity index (χ4v) is 1.54. The molecule has 0 aliphatic carbocycles. The largest absolute Gasteiger partial charge is 0.477 e. The quantitative estimate of drug-likeness (QED) is 0.900. The number of hydrogen-bond acceptors (Lipinski definition) is 4. The summed E-state index contributed by atoms with van der Waals surface area (Å²) in [7, 11) is 1.74. The second-order valence-corrected chi connectivity index (χ2v) is 3.80. The summed E-state index contributed by atoms with van der Waals surface area (Å²) in [6.45, 7) is -0.0697. The highest BCUT2D eigenvalue weighted by Gasteiger charge is 2.11. The molecule has 6 nitrogen and oxygen atoms in total. The van der Waals surface area contributed by atoms with Gasteiger partial charge in [0.1, 0.15) is 11.8 Å². The van der Waals surface area contributed by atoms with Crippen molar-refractivity contribution in [3.05, 3.63) is 42.2 Å². The van der Waals surface area contributed by atoms with Crippen molar-refractivity contribution in [2.24, 2.45) is 7.05 Å². The standard InChI is InChI=1S/C13H12N4O2/c1-17-9-10(8-15-17)13(18)16-11-4-2-3-5-12(11)19-7-6-14/h2-5,8-9H,7H2,1H3,(H,16,18). The number of carbonyl (C=O) groups is 1. The van der Waals surface area contributed by atoms with Gasteiger partial charge in [-0.3, -0.25) is 9.48 Å². The normalized spacial score (nSPS) is 9.68. The van der Waals surface area contributed by atoms with Gasteiger partial charge in [-0.1, -0.05) is 12.1 Å². The van der Waals surface area contributed by atoms with Crippen molar-refractivity contribution in [2.45, 2.75) is 0 Å². The number of benzene rings is 1. The Kier molecular flexibility index (Phi) is 3.78. The van der Waals surface area contributed by atoms with Gasteiger partial charge in [-0.25, -0.2) is 0 Å². The van der Waals surface area contributed by atoms with Crippen molar-refractivity contribution < 1.29 is 9.53 Å². The number of aryl methyl sites for hydroxylation is 1. The smallest absolute Gasteiger partial charge is 0.258 e. The number of rotatable bonds is 4. The molecule has 19 heavy (non-hydrogen) atoms. The van der Waals surface area contributed by atoms with E-state index in [9.17, 15) is 4.79 Å². The van der Waals surface area contributed by atoms with E-state index >= 15 is 0 Å². The van der Waals surface area contributed by atoms with Crippen LogP contribution in [0.25, 0.3) is 0 Å². The van der Waals surface area contributed by atoms with Crippen LogP contribution in [0.3, 0.4) is 0 Å². The van der Waals surface area contributed by atoms with E-state index in [-0.39, 0.29) is 12.5 Å². The minimum absolute atomic E-state index is 0.0697. The molecule has 6 heteroatoms. The van der Waals surface area contributed by atoms with Gasteiger partial charge in [0.25, 0.3) is 5.91 Å². The molecule has 0 bridgehead atoms. The molecule has 0 unspecified atom stereocenters. The molecule has 0 aliphatic rings. The molecule has 96 valence electrons. The molecule has 0 spiro atoms. The number of amides is 1. The number of aromatic nitrogens is 2. The fourth-order valence-electron chi connectivity index (χ4n) is 1.54. The van der Waals surface area contributed by atoms with E-state index in [4.69, 9.17) is 10.00 Å². The third-order valence-electron chi connectivity index (χ3n) is 2.39. The van der Waals surface area contributed by atoms with Crippen LogP contribution in [0.4, 0.5) is 5.69 Å². The number of carbonyl (C=O) groups excluding carboxylic acids is 1. The van der Waals surface area contributed by atoms with E-state index in [0.29, 0.717) is 17.0 Å². The van der Waals surface area contributed by atoms with Crippen LogP contribution in [0.15, 0.2) is 36.7 Å². The van der Waals surface area contributed by atoms with Gasteiger partial charge >= 0.3 is 0 Å². The predicted molar refractivity (Wildman–Crippen MR) is 68.7 cm³/mol. The third-order valence-corrected chi connectivity index (χ3v) is 2.39. The minimum Gasteiger partial charge on any atom is -0.477 e. The summed E-state index contributed by atoms with van der Waals surface area (Å²) in [5, 5.41) is 15.2. The summed E-state index contributed by atoms with van der Waals surface area (Å²) in [5.41, 5.74) is 0.976. The zero-order valence-corrected chi connectivity index (χ0v) is 10.3. The van der Waals surface area contributed by atoms with Crippen LogP contribution in [-0.2, 0) is 7.05 Å². The predicted octanol–water partition coefficient (Wildman–Crippen LogP) is 1.57. The highest BCUT2D eigenvalue weighted by Crippen LogP contribution is 2.24. The molecule has 2 rings (SSSR count). The first-order valence-electron chi connectivity index (χ1n) is 5.59. The van der Waals surface area contributed by atoms with Gasteiger partial charge in [0, 0.05) is 13.2 Å². The lowest BCUT2D eigenvalue weighted by molar-refractivity contribution is 0.102.